The fourth-order valence-corrected chi connectivity index (χ4v) is 3.97. The highest BCUT2D eigenvalue weighted by Crippen LogP contribution is 2.40. The summed E-state index contributed by atoms with van der Waals surface area (Å²) in [5.74, 6) is 0.603. The molecule has 2 nitrogen and oxygen atoms in total. The zero-order valence-corrected chi connectivity index (χ0v) is 19.0. The number of unbranched alkanes of at least 4 members (excludes halogenated alkanes) is 1. The van der Waals surface area contributed by atoms with E-state index in [1.54, 1.807) is 4.70 Å². The molecule has 0 amide bonds. The number of thiocarbonyl (C=S) groups is 1. The van der Waals surface area contributed by atoms with Gasteiger partial charge in [-0.25, -0.2) is 0 Å². The van der Waals surface area contributed by atoms with E-state index < -0.39 is 0 Å². The van der Waals surface area contributed by atoms with Crippen molar-refractivity contribution in [1.82, 2.24) is 0 Å². The minimum atomic E-state index is -0.129. The number of hydrogen-bond acceptors (Lipinski definition) is 4. The number of hydrogen-bond donors (Lipinski definition) is 2. The van der Waals surface area contributed by atoms with E-state index in [0.717, 1.165) is 36.8 Å². The minimum absolute atomic E-state index is 0.129. The highest BCUT2D eigenvalue weighted by Gasteiger charge is 2.27. The van der Waals surface area contributed by atoms with Gasteiger partial charge >= 0.3 is 0 Å². The Bertz CT molecular complexity index is 604. The summed E-state index contributed by atoms with van der Waals surface area (Å²) < 4.78 is 1.58. The standard InChI is InChI=1S/C22H35NOS2/c1-8-9-10-16(20(23)26-14-25)11-15-12-17(21(2,3)4)19(24)18(13-15)22(5,6)7/h12-14,16,23-24H,8-11H2,1-7H3. The van der Waals surface area contributed by atoms with Crippen molar-refractivity contribution < 1.29 is 5.11 Å². The van der Waals surface area contributed by atoms with Gasteiger partial charge in [0.2, 0.25) is 0 Å². The summed E-state index contributed by atoms with van der Waals surface area (Å²) in [5.41, 5.74) is 2.92. The molecule has 2 N–H and O–H groups in total. The maximum atomic E-state index is 10.9. The Morgan fingerprint density at radius 1 is 1.15 bits per heavy atom. The van der Waals surface area contributed by atoms with E-state index in [9.17, 15) is 5.11 Å². The van der Waals surface area contributed by atoms with Crippen LogP contribution in [0.25, 0.3) is 0 Å². The molecule has 0 saturated heterocycles. The summed E-state index contributed by atoms with van der Waals surface area (Å²) in [6.45, 7) is 15.0. The van der Waals surface area contributed by atoms with Gasteiger partial charge in [0.25, 0.3) is 0 Å². The highest BCUT2D eigenvalue weighted by atomic mass is 32.2. The van der Waals surface area contributed by atoms with Crippen LogP contribution in [0.5, 0.6) is 5.75 Å². The first-order chi connectivity index (χ1) is 11.9. The number of phenolic OH excluding ortho intramolecular Hbond substituents is 1. The fraction of sp³-hybridized carbons (Fsp3) is 0.636. The topological polar surface area (TPSA) is 44.1 Å². The molecule has 0 spiro atoms. The molecule has 1 aromatic rings. The molecular formula is C22H35NOS2. The van der Waals surface area contributed by atoms with Crippen LogP contribution in [0.2, 0.25) is 0 Å². The van der Waals surface area contributed by atoms with Gasteiger partial charge < -0.3 is 5.11 Å². The van der Waals surface area contributed by atoms with Crippen molar-refractivity contribution in [2.75, 3.05) is 0 Å². The molecule has 1 aromatic carbocycles. The molecule has 26 heavy (non-hydrogen) atoms. The smallest absolute Gasteiger partial charge is 0.123 e. The van der Waals surface area contributed by atoms with Crippen molar-refractivity contribution in [2.45, 2.75) is 85.0 Å². The lowest BCUT2D eigenvalue weighted by Crippen LogP contribution is -2.19. The maximum Gasteiger partial charge on any atom is 0.123 e. The molecule has 0 aliphatic rings. The lowest BCUT2D eigenvalue weighted by atomic mass is 9.77. The van der Waals surface area contributed by atoms with E-state index in [0.29, 0.717) is 10.8 Å². The quantitative estimate of drug-likeness (QED) is 0.298. The number of benzene rings is 1. The molecular weight excluding hydrogens is 358 g/mol. The van der Waals surface area contributed by atoms with Gasteiger partial charge in [0.1, 0.15) is 5.75 Å². The largest absolute Gasteiger partial charge is 0.507 e. The molecule has 0 aliphatic heterocycles. The first-order valence-electron chi connectivity index (χ1n) is 9.47. The molecule has 0 radical (unpaired) electrons. The molecule has 0 heterocycles. The minimum Gasteiger partial charge on any atom is -0.507 e. The van der Waals surface area contributed by atoms with Gasteiger partial charge in [-0.05, 0) is 40.4 Å². The van der Waals surface area contributed by atoms with Crippen LogP contribution in [0.4, 0.5) is 0 Å². The fourth-order valence-electron chi connectivity index (χ4n) is 3.16. The van der Waals surface area contributed by atoms with Gasteiger partial charge in [-0.2, -0.15) is 0 Å². The third-order valence-electron chi connectivity index (χ3n) is 4.72. The van der Waals surface area contributed by atoms with E-state index in [2.05, 4.69) is 60.6 Å². The van der Waals surface area contributed by atoms with Crippen LogP contribution in [-0.4, -0.2) is 14.8 Å². The number of rotatable bonds is 7. The van der Waals surface area contributed by atoms with E-state index in [-0.39, 0.29) is 16.7 Å². The van der Waals surface area contributed by atoms with Gasteiger partial charge in [-0.3, -0.25) is 5.41 Å². The Morgan fingerprint density at radius 3 is 2.04 bits per heavy atom. The zero-order chi connectivity index (χ0) is 20.1. The van der Waals surface area contributed by atoms with Crippen molar-refractivity contribution in [1.29, 1.82) is 5.41 Å². The first-order valence-corrected chi connectivity index (χ1v) is 10.8. The van der Waals surface area contributed by atoms with Crippen molar-refractivity contribution in [3.05, 3.63) is 28.8 Å². The van der Waals surface area contributed by atoms with E-state index in [4.69, 9.17) is 17.6 Å². The van der Waals surface area contributed by atoms with Crippen molar-refractivity contribution in [3.63, 3.8) is 0 Å². The van der Waals surface area contributed by atoms with Crippen LogP contribution >= 0.6 is 24.0 Å². The van der Waals surface area contributed by atoms with Crippen LogP contribution < -0.4 is 0 Å². The maximum absolute atomic E-state index is 10.9. The van der Waals surface area contributed by atoms with Gasteiger partial charge in [0.15, 0.2) is 0 Å². The van der Waals surface area contributed by atoms with Crippen molar-refractivity contribution in [3.8, 4) is 5.75 Å². The Kier molecular flexibility index (Phi) is 8.34. The predicted octanol–water partition coefficient (Wildman–Crippen LogP) is 7.00. The number of phenols is 1. The average Bonchev–Trinajstić information content (AvgIpc) is 2.50. The molecule has 0 aliphatic carbocycles. The zero-order valence-electron chi connectivity index (χ0n) is 17.4. The van der Waals surface area contributed by atoms with Crippen LogP contribution in [0, 0.1) is 11.3 Å². The van der Waals surface area contributed by atoms with E-state index in [1.165, 1.54) is 17.3 Å². The first kappa shape index (κ1) is 23.2. The molecule has 4 heteroatoms. The van der Waals surface area contributed by atoms with Crippen molar-refractivity contribution in [2.24, 2.45) is 5.92 Å². The molecule has 146 valence electrons. The van der Waals surface area contributed by atoms with Crippen LogP contribution in [-0.2, 0) is 17.3 Å². The number of thioether (sulfide) groups is 1. The van der Waals surface area contributed by atoms with E-state index >= 15 is 0 Å². The molecule has 1 rings (SSSR count). The number of nitrogens with one attached hydrogen (secondary N) is 1. The molecule has 0 saturated carbocycles. The Labute approximate surface area is 169 Å². The summed E-state index contributed by atoms with van der Waals surface area (Å²) in [5, 5.41) is 19.9. The Morgan fingerprint density at radius 2 is 1.65 bits per heavy atom. The van der Waals surface area contributed by atoms with Gasteiger partial charge in [-0.15, -0.1) is 0 Å². The third kappa shape index (κ3) is 6.38. The molecule has 0 aromatic heterocycles. The van der Waals surface area contributed by atoms with Gasteiger partial charge in [0.05, 0.1) is 5.04 Å². The lowest BCUT2D eigenvalue weighted by Gasteiger charge is -2.29. The van der Waals surface area contributed by atoms with Gasteiger partial charge in [0, 0.05) is 10.6 Å². The second-order valence-corrected chi connectivity index (χ2v) is 10.6. The second kappa shape index (κ2) is 9.36. The third-order valence-corrected chi connectivity index (χ3v) is 5.69. The molecule has 0 fully saturated rings. The monoisotopic (exact) mass is 393 g/mol. The Balaban J connectivity index is 3.36. The Hall–Kier alpha value is -0.870. The summed E-state index contributed by atoms with van der Waals surface area (Å²) in [4.78, 5) is 0. The van der Waals surface area contributed by atoms with Crippen molar-refractivity contribution >= 4 is 33.7 Å². The SMILES string of the molecule is CCCCC(Cc1cc(C(C)(C)C)c(O)c(C(C)(C)C)c1)C(=N)SC=S. The molecule has 1 atom stereocenters. The molecule has 1 unspecified atom stereocenters. The summed E-state index contributed by atoms with van der Waals surface area (Å²) in [6.07, 6.45) is 4.06. The second-order valence-electron chi connectivity index (χ2n) is 9.16. The summed E-state index contributed by atoms with van der Waals surface area (Å²) in [6, 6.07) is 4.28. The average molecular weight is 394 g/mol. The van der Waals surface area contributed by atoms with Crippen LogP contribution in [0.15, 0.2) is 12.1 Å². The normalized spacial score (nSPS) is 13.5. The van der Waals surface area contributed by atoms with Crippen LogP contribution in [0.1, 0.15) is 84.4 Å². The predicted molar refractivity (Wildman–Crippen MR) is 121 cm³/mol. The summed E-state index contributed by atoms with van der Waals surface area (Å²) >= 11 is 6.30. The highest BCUT2D eigenvalue weighted by molar-refractivity contribution is 8.31. The van der Waals surface area contributed by atoms with E-state index in [1.807, 2.05) is 0 Å². The summed E-state index contributed by atoms with van der Waals surface area (Å²) in [7, 11) is 0. The van der Waals surface area contributed by atoms with Crippen LogP contribution in [0.3, 0.4) is 0 Å². The number of aromatic hydroxyl groups is 1. The van der Waals surface area contributed by atoms with Gasteiger partial charge in [-0.1, -0.05) is 97.4 Å². The lowest BCUT2D eigenvalue weighted by molar-refractivity contribution is 0.422. The molecule has 0 bridgehead atoms.